The Labute approximate surface area is 142 Å². The summed E-state index contributed by atoms with van der Waals surface area (Å²) in [4.78, 5) is 15.8. The van der Waals surface area contributed by atoms with E-state index in [0.29, 0.717) is 17.3 Å². The molecule has 0 radical (unpaired) electrons. The van der Waals surface area contributed by atoms with Gasteiger partial charge in [-0.15, -0.1) is 0 Å². The third-order valence-corrected chi connectivity index (χ3v) is 3.65. The van der Waals surface area contributed by atoms with Crippen molar-refractivity contribution in [3.05, 3.63) is 59.8 Å². The van der Waals surface area contributed by atoms with Gasteiger partial charge in [-0.2, -0.15) is 0 Å². The fraction of sp³-hybridized carbons (Fsp3) is 0.263. The first-order valence-electron chi connectivity index (χ1n) is 7.87. The Morgan fingerprint density at radius 3 is 2.67 bits per heavy atom. The summed E-state index contributed by atoms with van der Waals surface area (Å²) < 4.78 is 0. The predicted octanol–water partition coefficient (Wildman–Crippen LogP) is 2.39. The minimum Gasteiger partial charge on any atom is -0.507 e. The number of nitrogens with one attached hydrogen (secondary N) is 2. The Balaban J connectivity index is 2.10. The van der Waals surface area contributed by atoms with Gasteiger partial charge in [-0.05, 0) is 48.8 Å². The first-order valence-corrected chi connectivity index (χ1v) is 7.87. The highest BCUT2D eigenvalue weighted by molar-refractivity contribution is 6.10. The van der Waals surface area contributed by atoms with Crippen molar-refractivity contribution >= 4 is 17.7 Å². The lowest BCUT2D eigenvalue weighted by Gasteiger charge is -2.06. The van der Waals surface area contributed by atoms with Crippen molar-refractivity contribution < 1.29 is 9.90 Å². The van der Waals surface area contributed by atoms with Gasteiger partial charge >= 0.3 is 0 Å². The highest BCUT2D eigenvalue weighted by atomic mass is 16.3. The van der Waals surface area contributed by atoms with Gasteiger partial charge in [0.05, 0.1) is 5.71 Å². The molecule has 1 amide bonds. The van der Waals surface area contributed by atoms with E-state index in [1.807, 2.05) is 6.07 Å². The highest BCUT2D eigenvalue weighted by Gasteiger charge is 2.22. The van der Waals surface area contributed by atoms with E-state index < -0.39 is 0 Å². The average Bonchev–Trinajstić information content (AvgIpc) is 3.38. The molecule has 0 heterocycles. The van der Waals surface area contributed by atoms with Crippen LogP contribution in [0.1, 0.15) is 24.0 Å². The minimum absolute atomic E-state index is 0.106. The number of aliphatic imine (C=N–C) groups is 1. The number of nitrogens with zero attached hydrogens (tertiary/aromatic N) is 1. The Bertz CT molecular complexity index is 713. The number of carbonyl (C=O) groups is 1. The summed E-state index contributed by atoms with van der Waals surface area (Å²) in [5.74, 6) is 0.00505. The number of amides is 1. The number of phenolic OH excluding ortho intramolecular Hbond substituents is 1. The summed E-state index contributed by atoms with van der Waals surface area (Å²) in [6.07, 6.45) is 8.86. The Morgan fingerprint density at radius 2 is 2.08 bits per heavy atom. The summed E-state index contributed by atoms with van der Waals surface area (Å²) in [7, 11) is 3.45. The monoisotopic (exact) mass is 325 g/mol. The molecule has 1 fully saturated rings. The smallest absolute Gasteiger partial charge is 0.244 e. The van der Waals surface area contributed by atoms with Gasteiger partial charge in [0.1, 0.15) is 5.75 Å². The average molecular weight is 325 g/mol. The lowest BCUT2D eigenvalue weighted by Crippen LogP contribution is -2.22. The standard InChI is InChI=1S/C19H23N3O2/c1-13(20-2)4-10-17(21-3)16-9-5-14(12-18(16)23)6-11-19(24)22-15-7-8-15/h4-6,9-12,15,20,23H,1,7-8H2,2-3H3,(H,22,24)/b10-4-,11-6+,21-17+. The van der Waals surface area contributed by atoms with E-state index in [9.17, 15) is 9.90 Å². The van der Waals surface area contributed by atoms with Gasteiger partial charge in [0.2, 0.25) is 5.91 Å². The number of phenols is 1. The number of rotatable bonds is 7. The third-order valence-electron chi connectivity index (χ3n) is 3.65. The van der Waals surface area contributed by atoms with Gasteiger partial charge in [0.25, 0.3) is 0 Å². The number of likely N-dealkylation sites (N-methyl/N-ethyl adjacent to an activating group) is 1. The number of benzene rings is 1. The summed E-state index contributed by atoms with van der Waals surface area (Å²) >= 11 is 0. The summed E-state index contributed by atoms with van der Waals surface area (Å²) in [5, 5.41) is 16.0. The van der Waals surface area contributed by atoms with Gasteiger partial charge in [-0.3, -0.25) is 9.79 Å². The van der Waals surface area contributed by atoms with E-state index in [1.54, 1.807) is 44.5 Å². The van der Waals surface area contributed by atoms with Crippen LogP contribution in [0.3, 0.4) is 0 Å². The van der Waals surface area contributed by atoms with Crippen molar-refractivity contribution in [1.82, 2.24) is 10.6 Å². The molecule has 0 aliphatic heterocycles. The van der Waals surface area contributed by atoms with Crippen LogP contribution in [-0.4, -0.2) is 36.9 Å². The molecule has 0 bridgehead atoms. The number of hydrogen-bond donors (Lipinski definition) is 3. The van der Waals surface area contributed by atoms with E-state index in [-0.39, 0.29) is 11.7 Å². The molecule has 5 nitrogen and oxygen atoms in total. The van der Waals surface area contributed by atoms with Crippen LogP contribution >= 0.6 is 0 Å². The fourth-order valence-electron chi connectivity index (χ4n) is 2.07. The van der Waals surface area contributed by atoms with Crippen LogP contribution < -0.4 is 10.6 Å². The third kappa shape index (κ3) is 5.12. The van der Waals surface area contributed by atoms with Crippen molar-refractivity contribution in [2.75, 3.05) is 14.1 Å². The number of aromatic hydroxyl groups is 1. The van der Waals surface area contributed by atoms with Crippen molar-refractivity contribution in [3.8, 4) is 5.75 Å². The van der Waals surface area contributed by atoms with Crippen LogP contribution in [0.5, 0.6) is 5.75 Å². The maximum absolute atomic E-state index is 11.6. The topological polar surface area (TPSA) is 73.7 Å². The van der Waals surface area contributed by atoms with Crippen LogP contribution in [0.4, 0.5) is 0 Å². The number of hydrogen-bond acceptors (Lipinski definition) is 4. The molecule has 0 saturated heterocycles. The molecule has 0 atom stereocenters. The second-order valence-electron chi connectivity index (χ2n) is 5.61. The van der Waals surface area contributed by atoms with Crippen LogP contribution in [0.25, 0.3) is 6.08 Å². The van der Waals surface area contributed by atoms with E-state index in [4.69, 9.17) is 0 Å². The maximum Gasteiger partial charge on any atom is 0.244 e. The van der Waals surface area contributed by atoms with Crippen molar-refractivity contribution in [1.29, 1.82) is 0 Å². The van der Waals surface area contributed by atoms with Crippen LogP contribution in [0, 0.1) is 0 Å². The Kier molecular flexibility index (Phi) is 5.95. The zero-order valence-electron chi connectivity index (χ0n) is 14.0. The molecule has 5 heteroatoms. The Hall–Kier alpha value is -2.82. The number of allylic oxidation sites excluding steroid dienone is 2. The van der Waals surface area contributed by atoms with Crippen LogP contribution in [0.15, 0.2) is 53.7 Å². The van der Waals surface area contributed by atoms with E-state index in [2.05, 4.69) is 22.2 Å². The van der Waals surface area contributed by atoms with Crippen LogP contribution in [-0.2, 0) is 4.79 Å². The Morgan fingerprint density at radius 1 is 1.33 bits per heavy atom. The van der Waals surface area contributed by atoms with Gasteiger partial charge in [-0.25, -0.2) is 0 Å². The lowest BCUT2D eigenvalue weighted by atomic mass is 10.0. The molecule has 0 spiro atoms. The summed E-state index contributed by atoms with van der Waals surface area (Å²) in [6.45, 7) is 3.81. The molecule has 3 N–H and O–H groups in total. The zero-order chi connectivity index (χ0) is 17.5. The molecule has 1 aromatic carbocycles. The summed E-state index contributed by atoms with van der Waals surface area (Å²) in [5.41, 5.74) is 2.77. The molecule has 0 aromatic heterocycles. The zero-order valence-corrected chi connectivity index (χ0v) is 14.0. The van der Waals surface area contributed by atoms with Gasteiger partial charge < -0.3 is 15.7 Å². The molecule has 1 aromatic rings. The molecule has 1 aliphatic rings. The SMILES string of the molecule is C=C(/C=C\C(=N/C)c1ccc(/C=C/C(=O)NC2CC2)cc1O)NC. The van der Waals surface area contributed by atoms with Gasteiger partial charge in [0, 0.05) is 37.5 Å². The molecular formula is C19H23N3O2. The second kappa shape index (κ2) is 8.15. The minimum atomic E-state index is -0.106. The maximum atomic E-state index is 11.6. The highest BCUT2D eigenvalue weighted by Crippen LogP contribution is 2.22. The molecule has 24 heavy (non-hydrogen) atoms. The molecule has 126 valence electrons. The van der Waals surface area contributed by atoms with E-state index in [0.717, 1.165) is 24.1 Å². The number of carbonyl (C=O) groups excluding carboxylic acids is 1. The fourth-order valence-corrected chi connectivity index (χ4v) is 2.07. The van der Waals surface area contributed by atoms with E-state index >= 15 is 0 Å². The first kappa shape index (κ1) is 17.5. The molecule has 0 unspecified atom stereocenters. The quantitative estimate of drug-likeness (QED) is 0.409. The molecule has 2 rings (SSSR count). The van der Waals surface area contributed by atoms with Gasteiger partial charge in [-0.1, -0.05) is 12.6 Å². The van der Waals surface area contributed by atoms with Crippen molar-refractivity contribution in [2.45, 2.75) is 18.9 Å². The molecular weight excluding hydrogens is 302 g/mol. The largest absolute Gasteiger partial charge is 0.507 e. The van der Waals surface area contributed by atoms with E-state index in [1.165, 1.54) is 6.08 Å². The van der Waals surface area contributed by atoms with Crippen molar-refractivity contribution in [2.24, 2.45) is 4.99 Å². The van der Waals surface area contributed by atoms with Gasteiger partial charge in [0.15, 0.2) is 0 Å². The summed E-state index contributed by atoms with van der Waals surface area (Å²) in [6, 6.07) is 5.56. The molecule has 1 aliphatic carbocycles. The first-order chi connectivity index (χ1) is 11.5. The molecule has 1 saturated carbocycles. The van der Waals surface area contributed by atoms with Crippen molar-refractivity contribution in [3.63, 3.8) is 0 Å². The lowest BCUT2D eigenvalue weighted by molar-refractivity contribution is -0.116. The van der Waals surface area contributed by atoms with Crippen LogP contribution in [0.2, 0.25) is 0 Å². The second-order valence-corrected chi connectivity index (χ2v) is 5.61. The predicted molar refractivity (Wildman–Crippen MR) is 98.1 cm³/mol. The normalized spacial score (nSPS) is 15.0.